The van der Waals surface area contributed by atoms with Crippen LogP contribution < -0.4 is 24.8 Å². The first-order valence-electron chi connectivity index (χ1n) is 17.4. The van der Waals surface area contributed by atoms with Crippen LogP contribution in [0.25, 0.3) is 0 Å². The van der Waals surface area contributed by atoms with Gasteiger partial charge in [0.2, 0.25) is 16.8 Å². The highest BCUT2D eigenvalue weighted by atomic mass is 32.2. The van der Waals surface area contributed by atoms with E-state index < -0.39 is 40.7 Å². The molecule has 282 valence electrons. The van der Waals surface area contributed by atoms with Crippen LogP contribution in [0.2, 0.25) is 0 Å². The van der Waals surface area contributed by atoms with Gasteiger partial charge < -0.3 is 48.6 Å². The summed E-state index contributed by atoms with van der Waals surface area (Å²) < 4.78 is 67.5. The minimum atomic E-state index is -4.09. The van der Waals surface area contributed by atoms with Crippen molar-refractivity contribution < 1.29 is 56.0 Å². The third-order valence-corrected chi connectivity index (χ3v) is 10.8. The number of benzene rings is 2. The van der Waals surface area contributed by atoms with E-state index in [4.69, 9.17) is 32.8 Å². The second-order valence-electron chi connectivity index (χ2n) is 13.3. The maximum absolute atomic E-state index is 13.9. The number of rotatable bonds is 17. The molecular formula is C36H45N3O12S. The number of carbonyl (C=O) groups is 2. The predicted molar refractivity (Wildman–Crippen MR) is 184 cm³/mol. The summed E-state index contributed by atoms with van der Waals surface area (Å²) in [7, 11) is -4.09. The molecule has 3 aromatic rings. The number of alkyl carbamates (subject to hydrolysis) is 1. The molecule has 1 aromatic heterocycles. The predicted octanol–water partition coefficient (Wildman–Crippen LogP) is 3.31. The molecule has 6 rings (SSSR count). The number of ether oxygens (including phenoxy) is 6. The van der Waals surface area contributed by atoms with E-state index in [-0.39, 0.29) is 55.5 Å². The van der Waals surface area contributed by atoms with Crippen LogP contribution in [0.1, 0.15) is 42.6 Å². The zero-order valence-electron chi connectivity index (χ0n) is 29.1. The summed E-state index contributed by atoms with van der Waals surface area (Å²) in [6.45, 7) is 5.07. The van der Waals surface area contributed by atoms with E-state index in [9.17, 15) is 23.1 Å². The largest absolute Gasteiger partial charge is 0.494 e. The topological polar surface area (TPSA) is 184 Å². The number of hydrogen-bond donors (Lipinski definition) is 3. The molecule has 15 nitrogen and oxygen atoms in total. The van der Waals surface area contributed by atoms with E-state index in [1.807, 2.05) is 26.0 Å². The van der Waals surface area contributed by atoms with Crippen molar-refractivity contribution in [1.29, 1.82) is 0 Å². The molecule has 3 aliphatic heterocycles. The maximum Gasteiger partial charge on any atom is 0.407 e. The number of fused-ring (bicyclic) bond motifs is 2. The lowest BCUT2D eigenvalue weighted by Gasteiger charge is -2.31. The van der Waals surface area contributed by atoms with Gasteiger partial charge in [0.15, 0.2) is 17.8 Å². The molecule has 16 heteroatoms. The Morgan fingerprint density at radius 2 is 1.85 bits per heavy atom. The number of carbonyl (C=O) groups excluding carboxylic acids is 2. The van der Waals surface area contributed by atoms with Crippen LogP contribution in [-0.4, -0.2) is 101 Å². The van der Waals surface area contributed by atoms with Crippen molar-refractivity contribution in [3.63, 3.8) is 0 Å². The van der Waals surface area contributed by atoms with Crippen LogP contribution in [0.5, 0.6) is 17.2 Å². The van der Waals surface area contributed by atoms with Gasteiger partial charge in [0, 0.05) is 25.7 Å². The number of sulfonamides is 1. The molecule has 52 heavy (non-hydrogen) atoms. The van der Waals surface area contributed by atoms with Gasteiger partial charge in [-0.1, -0.05) is 26.0 Å². The van der Waals surface area contributed by atoms with Crippen molar-refractivity contribution in [2.45, 2.75) is 62.5 Å². The Hall–Kier alpha value is -4.35. The van der Waals surface area contributed by atoms with Gasteiger partial charge in [0.05, 0.1) is 54.6 Å². The summed E-state index contributed by atoms with van der Waals surface area (Å²) in [4.78, 5) is 25.3. The van der Waals surface area contributed by atoms with Crippen LogP contribution in [0.15, 0.2) is 70.4 Å². The highest BCUT2D eigenvalue weighted by Gasteiger charge is 2.44. The molecule has 0 aliphatic carbocycles. The maximum atomic E-state index is 13.9. The van der Waals surface area contributed by atoms with Crippen molar-refractivity contribution in [3.05, 3.63) is 72.2 Å². The smallest absolute Gasteiger partial charge is 0.407 e. The van der Waals surface area contributed by atoms with Gasteiger partial charge in [-0.25, -0.2) is 13.2 Å². The highest BCUT2D eigenvalue weighted by molar-refractivity contribution is 7.89. The molecule has 3 N–H and O–H groups in total. The van der Waals surface area contributed by atoms with E-state index in [1.165, 1.54) is 29.0 Å². The van der Waals surface area contributed by atoms with Gasteiger partial charge >= 0.3 is 6.09 Å². The zero-order valence-corrected chi connectivity index (χ0v) is 29.9. The molecule has 3 aliphatic rings. The lowest BCUT2D eigenvalue weighted by atomic mass is 10.0. The van der Waals surface area contributed by atoms with E-state index in [1.54, 1.807) is 24.3 Å². The summed E-state index contributed by atoms with van der Waals surface area (Å²) in [5, 5.41) is 17.3. The first kappa shape index (κ1) is 37.4. The SMILES string of the molecule is CC(C)CN(C[C@@H](O)[C@H](Cc1ccc(OCCCNC(=O)c2ccoc2)cc1)NC(=O)OC1COC2OCCC12)S(=O)(=O)c1ccc2c(c1)OCO2. The minimum absolute atomic E-state index is 0.000908. The molecule has 3 unspecified atom stereocenters. The van der Waals surface area contributed by atoms with Crippen LogP contribution in [0.3, 0.4) is 0 Å². The molecule has 5 atom stereocenters. The van der Waals surface area contributed by atoms with Crippen LogP contribution in [-0.2, 0) is 30.7 Å². The quantitative estimate of drug-likeness (QED) is 0.172. The molecule has 2 fully saturated rings. The Bertz CT molecular complexity index is 1750. The lowest BCUT2D eigenvalue weighted by molar-refractivity contribution is -0.0907. The Morgan fingerprint density at radius 3 is 2.62 bits per heavy atom. The Morgan fingerprint density at radius 1 is 1.04 bits per heavy atom. The second-order valence-corrected chi connectivity index (χ2v) is 15.3. The zero-order chi connectivity index (χ0) is 36.7. The number of hydrogen-bond acceptors (Lipinski definition) is 12. The standard InChI is InChI=1S/C36H45N3O12S/c1-23(2)18-39(52(43,44)27-8-9-31-32(17-27)50-22-49-31)19-30(40)29(38-36(42)51-33-21-48-35-28(33)11-15-47-35)16-24-4-6-26(7-5-24)46-13-3-12-37-34(41)25-10-14-45-20-25/h4-10,14,17,20,23,28-30,33,35,40H,3,11-13,15-16,18-19,21-22H2,1-2H3,(H,37,41)(H,38,42)/t28?,29-,30+,33?,35?/m0/s1. The molecule has 2 amide bonds. The number of nitrogens with one attached hydrogen (secondary N) is 2. The molecule has 2 saturated heterocycles. The van der Waals surface area contributed by atoms with Crippen molar-refractivity contribution in [2.24, 2.45) is 11.8 Å². The van der Waals surface area contributed by atoms with Crippen LogP contribution in [0.4, 0.5) is 4.79 Å². The summed E-state index contributed by atoms with van der Waals surface area (Å²) >= 11 is 0. The monoisotopic (exact) mass is 743 g/mol. The minimum Gasteiger partial charge on any atom is -0.494 e. The molecule has 0 saturated carbocycles. The summed E-state index contributed by atoms with van der Waals surface area (Å²) in [6.07, 6.45) is 1.25. The van der Waals surface area contributed by atoms with Gasteiger partial charge in [0.1, 0.15) is 18.1 Å². The van der Waals surface area contributed by atoms with Crippen LogP contribution in [0, 0.1) is 11.8 Å². The molecule has 4 heterocycles. The first-order chi connectivity index (χ1) is 25.1. The third kappa shape index (κ3) is 9.35. The Labute approximate surface area is 302 Å². The number of nitrogens with zero attached hydrogens (tertiary/aromatic N) is 1. The van der Waals surface area contributed by atoms with E-state index >= 15 is 0 Å². The average molecular weight is 744 g/mol. The second kappa shape index (κ2) is 17.0. The number of amides is 2. The fourth-order valence-corrected chi connectivity index (χ4v) is 7.93. The van der Waals surface area contributed by atoms with E-state index in [2.05, 4.69) is 10.6 Å². The molecular weight excluding hydrogens is 698 g/mol. The molecule has 0 radical (unpaired) electrons. The number of aliphatic hydroxyl groups is 1. The summed E-state index contributed by atoms with van der Waals surface area (Å²) in [5.41, 5.74) is 1.21. The molecule has 0 bridgehead atoms. The number of aliphatic hydroxyl groups excluding tert-OH is 1. The molecule has 0 spiro atoms. The average Bonchev–Trinajstić information content (AvgIpc) is 3.95. The Kier molecular flexibility index (Phi) is 12.2. The summed E-state index contributed by atoms with van der Waals surface area (Å²) in [6, 6.07) is 12.2. The normalized spacial score (nSPS) is 20.4. The van der Waals surface area contributed by atoms with Gasteiger partial charge in [0.25, 0.3) is 5.91 Å². The lowest BCUT2D eigenvalue weighted by Crippen LogP contribution is -2.51. The first-order valence-corrected chi connectivity index (χ1v) is 18.8. The number of furan rings is 1. The van der Waals surface area contributed by atoms with Gasteiger partial charge in [-0.3, -0.25) is 4.79 Å². The fourth-order valence-electron chi connectivity index (χ4n) is 6.29. The van der Waals surface area contributed by atoms with Crippen molar-refractivity contribution in [1.82, 2.24) is 14.9 Å². The highest BCUT2D eigenvalue weighted by Crippen LogP contribution is 2.35. The fraction of sp³-hybridized carbons (Fsp3) is 0.500. The Balaban J connectivity index is 1.11. The summed E-state index contributed by atoms with van der Waals surface area (Å²) in [5.74, 6) is 0.995. The van der Waals surface area contributed by atoms with Crippen molar-refractivity contribution >= 4 is 22.0 Å². The van der Waals surface area contributed by atoms with Gasteiger partial charge in [-0.15, -0.1) is 0 Å². The van der Waals surface area contributed by atoms with Gasteiger partial charge in [-0.2, -0.15) is 4.31 Å². The van der Waals surface area contributed by atoms with Crippen molar-refractivity contribution in [2.75, 3.05) is 46.2 Å². The van der Waals surface area contributed by atoms with Crippen molar-refractivity contribution in [3.8, 4) is 17.2 Å². The molecule has 2 aromatic carbocycles. The van der Waals surface area contributed by atoms with E-state index in [0.29, 0.717) is 55.4 Å². The van der Waals surface area contributed by atoms with E-state index in [0.717, 1.165) is 5.56 Å². The van der Waals surface area contributed by atoms with Crippen LogP contribution >= 0.6 is 0 Å². The van der Waals surface area contributed by atoms with Gasteiger partial charge in [-0.05, 0) is 61.1 Å². The third-order valence-electron chi connectivity index (χ3n) is 8.99.